The van der Waals surface area contributed by atoms with Crippen molar-refractivity contribution in [3.8, 4) is 5.88 Å². The first-order valence-corrected chi connectivity index (χ1v) is 12.9. The van der Waals surface area contributed by atoms with Gasteiger partial charge in [0.2, 0.25) is 11.8 Å². The van der Waals surface area contributed by atoms with E-state index in [1.165, 1.54) is 37.8 Å². The summed E-state index contributed by atoms with van der Waals surface area (Å²) in [6, 6.07) is 4.16. The van der Waals surface area contributed by atoms with E-state index in [0.29, 0.717) is 28.2 Å². The monoisotopic (exact) mass is 558 g/mol. The van der Waals surface area contributed by atoms with E-state index >= 15 is 4.39 Å². The van der Waals surface area contributed by atoms with Crippen LogP contribution in [-0.4, -0.2) is 36.3 Å². The molecule has 0 saturated heterocycles. The molecule has 1 saturated carbocycles. The summed E-state index contributed by atoms with van der Waals surface area (Å²) in [6.07, 6.45) is 2.91. The number of nitrogens with two attached hydrogens (primary N) is 1. The molecule has 13 heteroatoms. The van der Waals surface area contributed by atoms with Gasteiger partial charge in [-0.1, -0.05) is 11.8 Å². The van der Waals surface area contributed by atoms with E-state index < -0.39 is 40.4 Å². The van der Waals surface area contributed by atoms with Crippen molar-refractivity contribution in [3.05, 3.63) is 77.4 Å². The number of hydrogen-bond donors (Lipinski definition) is 1. The molecule has 0 unspecified atom stereocenters. The third-order valence-electron chi connectivity index (χ3n) is 7.25. The lowest BCUT2D eigenvalue weighted by atomic mass is 9.84. The van der Waals surface area contributed by atoms with Crippen molar-refractivity contribution in [1.29, 1.82) is 0 Å². The van der Waals surface area contributed by atoms with Crippen LogP contribution < -0.4 is 10.5 Å². The number of ether oxygens (including phenoxy) is 1. The summed E-state index contributed by atoms with van der Waals surface area (Å²) < 4.78 is 67.4. The first-order valence-electron chi connectivity index (χ1n) is 12.1. The van der Waals surface area contributed by atoms with Gasteiger partial charge < -0.3 is 14.9 Å². The molecule has 39 heavy (non-hydrogen) atoms. The maximum absolute atomic E-state index is 15.2. The van der Waals surface area contributed by atoms with Crippen LogP contribution in [-0.2, 0) is 12.0 Å². The number of nitrogens with zero attached hydrogens (tertiary/aromatic N) is 5. The average Bonchev–Trinajstić information content (AvgIpc) is 3.40. The van der Waals surface area contributed by atoms with E-state index in [2.05, 4.69) is 24.9 Å². The number of aromatic nitrogens is 4. The van der Waals surface area contributed by atoms with Crippen molar-refractivity contribution in [2.24, 2.45) is 16.6 Å². The van der Waals surface area contributed by atoms with Gasteiger partial charge in [0.1, 0.15) is 11.8 Å². The number of aliphatic imine (C=N–C) groups is 1. The highest BCUT2D eigenvalue weighted by atomic mass is 32.2. The highest BCUT2D eigenvalue weighted by Crippen LogP contribution is 2.68. The fourth-order valence-electron chi connectivity index (χ4n) is 5.25. The molecular formula is C26H22F4N6O2S. The van der Waals surface area contributed by atoms with E-state index in [9.17, 15) is 13.2 Å². The number of halogens is 4. The Morgan fingerprint density at radius 1 is 1.21 bits per heavy atom. The minimum atomic E-state index is -2.68. The number of alkyl halides is 2. The number of fused-ring (bicyclic) bond motifs is 2. The van der Waals surface area contributed by atoms with Crippen molar-refractivity contribution in [2.75, 3.05) is 0 Å². The molecule has 202 valence electrons. The van der Waals surface area contributed by atoms with Crippen molar-refractivity contribution in [1.82, 2.24) is 19.9 Å². The fraction of sp³-hybridized carbons (Fsp3) is 0.346. The highest BCUT2D eigenvalue weighted by Gasteiger charge is 2.71. The molecule has 4 atom stereocenters. The molecule has 4 heterocycles. The van der Waals surface area contributed by atoms with E-state index in [-0.39, 0.29) is 29.5 Å². The minimum absolute atomic E-state index is 0.0714. The Bertz CT molecular complexity index is 1600. The van der Waals surface area contributed by atoms with Gasteiger partial charge in [-0.3, -0.25) is 9.98 Å². The van der Waals surface area contributed by atoms with Gasteiger partial charge in [0.15, 0.2) is 22.9 Å². The molecule has 0 amide bonds. The van der Waals surface area contributed by atoms with Crippen molar-refractivity contribution >= 4 is 28.0 Å². The molecule has 3 aromatic heterocycles. The standard InChI is InChI=1S/C26H22F4N6O2S/c1-12(22-33-5-6-37-22)38-19-11-34-21-16(35-19)3-4-32-17(21)9-13-7-14(20(28)15(27)8-13)25(2)18-10-26(18,23(29)30)39-24(31)36-25/h3-8,11-12,18,23H,9-10H2,1-2H3,(H2,31,36)/t12-,18-,25+,26-/m0/s1. The Balaban J connectivity index is 1.32. The second-order valence-electron chi connectivity index (χ2n) is 9.79. The average molecular weight is 559 g/mol. The molecule has 4 aromatic rings. The Morgan fingerprint density at radius 2 is 2.03 bits per heavy atom. The normalized spacial score (nSPS) is 24.9. The lowest BCUT2D eigenvalue weighted by Crippen LogP contribution is -2.39. The van der Waals surface area contributed by atoms with Crippen LogP contribution in [0.3, 0.4) is 0 Å². The van der Waals surface area contributed by atoms with E-state index in [1.54, 1.807) is 13.0 Å². The number of amidine groups is 1. The zero-order valence-corrected chi connectivity index (χ0v) is 21.6. The molecule has 0 bridgehead atoms. The highest BCUT2D eigenvalue weighted by molar-refractivity contribution is 8.15. The molecule has 0 radical (unpaired) electrons. The quantitative estimate of drug-likeness (QED) is 0.303. The van der Waals surface area contributed by atoms with Gasteiger partial charge in [-0.2, -0.15) is 0 Å². The third-order valence-corrected chi connectivity index (χ3v) is 8.56. The smallest absolute Gasteiger partial charge is 0.253 e. The molecular weight excluding hydrogens is 536 g/mol. The molecule has 0 spiro atoms. The molecule has 1 aliphatic heterocycles. The first kappa shape index (κ1) is 25.5. The maximum Gasteiger partial charge on any atom is 0.253 e. The predicted octanol–water partition coefficient (Wildman–Crippen LogP) is 5.32. The maximum atomic E-state index is 15.2. The predicted molar refractivity (Wildman–Crippen MR) is 135 cm³/mol. The van der Waals surface area contributed by atoms with Crippen LogP contribution in [0, 0.1) is 17.6 Å². The zero-order chi connectivity index (χ0) is 27.5. The van der Waals surface area contributed by atoms with Crippen molar-refractivity contribution < 1.29 is 26.7 Å². The minimum Gasteiger partial charge on any atom is -0.464 e. The van der Waals surface area contributed by atoms with Crippen molar-refractivity contribution in [2.45, 2.75) is 49.5 Å². The Labute approximate surface area is 224 Å². The van der Waals surface area contributed by atoms with Crippen LogP contribution in [0.2, 0.25) is 0 Å². The summed E-state index contributed by atoms with van der Waals surface area (Å²) >= 11 is 0.807. The Hall–Kier alpha value is -3.74. The van der Waals surface area contributed by atoms with E-state index in [4.69, 9.17) is 14.9 Å². The number of rotatable bonds is 7. The second-order valence-corrected chi connectivity index (χ2v) is 11.2. The van der Waals surface area contributed by atoms with Gasteiger partial charge in [0.25, 0.3) is 6.43 Å². The molecule has 1 aliphatic carbocycles. The number of benzene rings is 1. The summed E-state index contributed by atoms with van der Waals surface area (Å²) in [6.45, 7) is 3.28. The second kappa shape index (κ2) is 9.18. The number of thioether (sulfide) groups is 1. The van der Waals surface area contributed by atoms with Gasteiger partial charge in [0.05, 0.1) is 33.9 Å². The van der Waals surface area contributed by atoms with Gasteiger partial charge in [0, 0.05) is 24.1 Å². The van der Waals surface area contributed by atoms with Crippen LogP contribution in [0.4, 0.5) is 17.6 Å². The Kier molecular flexibility index (Phi) is 6.01. The van der Waals surface area contributed by atoms with Crippen LogP contribution >= 0.6 is 11.8 Å². The molecule has 1 fully saturated rings. The third kappa shape index (κ3) is 4.28. The molecule has 6 rings (SSSR count). The van der Waals surface area contributed by atoms with E-state index in [0.717, 1.165) is 17.8 Å². The first-order chi connectivity index (χ1) is 18.6. The van der Waals surface area contributed by atoms with Crippen LogP contribution in [0.5, 0.6) is 5.88 Å². The summed E-state index contributed by atoms with van der Waals surface area (Å²) in [4.78, 5) is 21.7. The van der Waals surface area contributed by atoms with Gasteiger partial charge in [-0.05, 0) is 44.0 Å². The summed E-state index contributed by atoms with van der Waals surface area (Å²) in [7, 11) is 0. The largest absolute Gasteiger partial charge is 0.464 e. The summed E-state index contributed by atoms with van der Waals surface area (Å²) in [5, 5.41) is -0.0714. The lowest BCUT2D eigenvalue weighted by Gasteiger charge is -2.34. The topological polar surface area (TPSA) is 112 Å². The van der Waals surface area contributed by atoms with Crippen molar-refractivity contribution in [3.63, 3.8) is 0 Å². The zero-order valence-electron chi connectivity index (χ0n) is 20.7. The van der Waals surface area contributed by atoms with Crippen LogP contribution in [0.1, 0.15) is 49.1 Å². The SMILES string of the molecule is C[C@H](Oc1cnc2c(Cc3cc(F)c(F)c([C@@]4(C)N=C(N)S[C@@]5(C(F)F)C[C@@H]45)c3)nccc2n1)c1ncco1. The molecule has 2 aliphatic rings. The lowest BCUT2D eigenvalue weighted by molar-refractivity contribution is 0.123. The van der Waals surface area contributed by atoms with Gasteiger partial charge in [-0.15, -0.1) is 0 Å². The van der Waals surface area contributed by atoms with Gasteiger partial charge in [-0.25, -0.2) is 32.5 Å². The van der Waals surface area contributed by atoms with E-state index in [1.807, 2.05) is 0 Å². The molecule has 2 N–H and O–H groups in total. The van der Waals surface area contributed by atoms with Crippen LogP contribution in [0.25, 0.3) is 11.0 Å². The summed E-state index contributed by atoms with van der Waals surface area (Å²) in [5.41, 5.74) is 6.10. The number of pyridine rings is 1. The Morgan fingerprint density at radius 3 is 2.77 bits per heavy atom. The fourth-order valence-corrected chi connectivity index (χ4v) is 6.59. The number of oxazole rings is 1. The number of hydrogen-bond acceptors (Lipinski definition) is 9. The molecule has 1 aromatic carbocycles. The van der Waals surface area contributed by atoms with Gasteiger partial charge >= 0.3 is 0 Å². The van der Waals surface area contributed by atoms with Crippen LogP contribution in [0.15, 0.2) is 52.5 Å². The molecule has 8 nitrogen and oxygen atoms in total. The summed E-state index contributed by atoms with van der Waals surface area (Å²) in [5.74, 6) is -2.31.